The van der Waals surface area contributed by atoms with E-state index in [1.54, 1.807) is 0 Å². The summed E-state index contributed by atoms with van der Waals surface area (Å²) in [5, 5.41) is 10.5. The Morgan fingerprint density at radius 3 is 2.71 bits per heavy atom. The SMILES string of the molecule is CC(C)[C@@H]1CC[C@](C)(O)[C@@H](N2CCCC2=O)C1. The molecule has 1 N–H and O–H groups in total. The van der Waals surface area contributed by atoms with Crippen LogP contribution in [0.25, 0.3) is 0 Å². The molecule has 1 amide bonds. The number of rotatable bonds is 2. The van der Waals surface area contributed by atoms with Gasteiger partial charge in [0.25, 0.3) is 0 Å². The van der Waals surface area contributed by atoms with Gasteiger partial charge >= 0.3 is 0 Å². The number of carbonyl (C=O) groups is 1. The van der Waals surface area contributed by atoms with Crippen molar-refractivity contribution in [2.45, 2.75) is 64.5 Å². The lowest BCUT2D eigenvalue weighted by Crippen LogP contribution is -2.55. The first-order valence-corrected chi connectivity index (χ1v) is 6.93. The molecule has 0 radical (unpaired) electrons. The Morgan fingerprint density at radius 2 is 2.18 bits per heavy atom. The van der Waals surface area contributed by atoms with Gasteiger partial charge < -0.3 is 10.0 Å². The van der Waals surface area contributed by atoms with Crippen LogP contribution in [0.1, 0.15) is 52.9 Å². The molecule has 1 heterocycles. The predicted molar refractivity (Wildman–Crippen MR) is 67.5 cm³/mol. The fraction of sp³-hybridized carbons (Fsp3) is 0.929. The molecule has 2 rings (SSSR count). The topological polar surface area (TPSA) is 40.5 Å². The van der Waals surface area contributed by atoms with Gasteiger partial charge in [0.2, 0.25) is 5.91 Å². The van der Waals surface area contributed by atoms with Crippen molar-refractivity contribution in [1.82, 2.24) is 4.90 Å². The van der Waals surface area contributed by atoms with Crippen LogP contribution in [0.15, 0.2) is 0 Å². The fourth-order valence-electron chi connectivity index (χ4n) is 3.37. The van der Waals surface area contributed by atoms with Gasteiger partial charge in [0.15, 0.2) is 0 Å². The van der Waals surface area contributed by atoms with Crippen LogP contribution in [0.4, 0.5) is 0 Å². The molecule has 2 aliphatic rings. The Bertz CT molecular complexity index is 299. The number of hydrogen-bond acceptors (Lipinski definition) is 2. The predicted octanol–water partition coefficient (Wildman–Crippen LogP) is 2.18. The van der Waals surface area contributed by atoms with E-state index in [0.29, 0.717) is 18.3 Å². The van der Waals surface area contributed by atoms with Crippen LogP contribution in [0.5, 0.6) is 0 Å². The normalized spacial score (nSPS) is 39.1. The molecule has 1 saturated heterocycles. The number of aliphatic hydroxyl groups is 1. The number of likely N-dealkylation sites (tertiary alicyclic amines) is 1. The molecule has 1 aliphatic heterocycles. The molecule has 0 aromatic carbocycles. The van der Waals surface area contributed by atoms with Crippen LogP contribution in [0.3, 0.4) is 0 Å². The minimum absolute atomic E-state index is 0.0404. The maximum Gasteiger partial charge on any atom is 0.222 e. The highest BCUT2D eigenvalue weighted by atomic mass is 16.3. The van der Waals surface area contributed by atoms with Crippen molar-refractivity contribution in [3.8, 4) is 0 Å². The van der Waals surface area contributed by atoms with E-state index in [1.807, 2.05) is 11.8 Å². The highest BCUT2D eigenvalue weighted by Gasteiger charge is 2.44. The summed E-state index contributed by atoms with van der Waals surface area (Å²) >= 11 is 0. The van der Waals surface area contributed by atoms with Crippen molar-refractivity contribution in [1.29, 1.82) is 0 Å². The highest BCUT2D eigenvalue weighted by Crippen LogP contribution is 2.39. The van der Waals surface area contributed by atoms with Crippen molar-refractivity contribution in [2.24, 2.45) is 11.8 Å². The third-order valence-corrected chi connectivity index (χ3v) is 4.69. The van der Waals surface area contributed by atoms with Gasteiger partial charge in [-0.05, 0) is 44.4 Å². The van der Waals surface area contributed by atoms with E-state index in [1.165, 1.54) is 0 Å². The van der Waals surface area contributed by atoms with Crippen molar-refractivity contribution in [3.63, 3.8) is 0 Å². The highest BCUT2D eigenvalue weighted by molar-refractivity contribution is 5.78. The minimum atomic E-state index is -0.689. The maximum atomic E-state index is 11.9. The van der Waals surface area contributed by atoms with Gasteiger partial charge in [-0.1, -0.05) is 13.8 Å². The summed E-state index contributed by atoms with van der Waals surface area (Å²) in [6.45, 7) is 7.23. The summed E-state index contributed by atoms with van der Waals surface area (Å²) in [4.78, 5) is 13.8. The number of carbonyl (C=O) groups excluding carboxylic acids is 1. The zero-order valence-electron chi connectivity index (χ0n) is 11.3. The third kappa shape index (κ3) is 2.49. The average Bonchev–Trinajstić information content (AvgIpc) is 2.63. The Kier molecular flexibility index (Phi) is 3.48. The number of nitrogens with zero attached hydrogens (tertiary/aromatic N) is 1. The van der Waals surface area contributed by atoms with E-state index >= 15 is 0 Å². The second-order valence-electron chi connectivity index (χ2n) is 6.34. The minimum Gasteiger partial charge on any atom is -0.388 e. The lowest BCUT2D eigenvalue weighted by atomic mass is 9.71. The van der Waals surface area contributed by atoms with Crippen molar-refractivity contribution in [3.05, 3.63) is 0 Å². The lowest BCUT2D eigenvalue weighted by Gasteiger charge is -2.46. The van der Waals surface area contributed by atoms with Gasteiger partial charge in [0, 0.05) is 13.0 Å². The molecular weight excluding hydrogens is 214 g/mol. The summed E-state index contributed by atoms with van der Waals surface area (Å²) in [6, 6.07) is 0.0404. The van der Waals surface area contributed by atoms with Gasteiger partial charge in [-0.3, -0.25) is 4.79 Å². The van der Waals surface area contributed by atoms with E-state index in [9.17, 15) is 9.90 Å². The summed E-state index contributed by atoms with van der Waals surface area (Å²) < 4.78 is 0. The van der Waals surface area contributed by atoms with E-state index in [2.05, 4.69) is 13.8 Å². The molecule has 98 valence electrons. The van der Waals surface area contributed by atoms with Gasteiger partial charge in [-0.15, -0.1) is 0 Å². The van der Waals surface area contributed by atoms with E-state index < -0.39 is 5.60 Å². The van der Waals surface area contributed by atoms with Crippen LogP contribution >= 0.6 is 0 Å². The molecular formula is C14H25NO2. The van der Waals surface area contributed by atoms with Crippen LogP contribution < -0.4 is 0 Å². The smallest absolute Gasteiger partial charge is 0.222 e. The second-order valence-corrected chi connectivity index (χ2v) is 6.34. The van der Waals surface area contributed by atoms with Crippen molar-refractivity contribution in [2.75, 3.05) is 6.54 Å². The monoisotopic (exact) mass is 239 g/mol. The summed E-state index contributed by atoms with van der Waals surface area (Å²) in [5.41, 5.74) is -0.689. The molecule has 0 aromatic heterocycles. The molecule has 3 heteroatoms. The second kappa shape index (κ2) is 4.60. The Hall–Kier alpha value is -0.570. The Morgan fingerprint density at radius 1 is 1.47 bits per heavy atom. The molecule has 1 aliphatic carbocycles. The van der Waals surface area contributed by atoms with Crippen molar-refractivity contribution >= 4 is 5.91 Å². The fourth-order valence-corrected chi connectivity index (χ4v) is 3.37. The van der Waals surface area contributed by atoms with E-state index in [0.717, 1.165) is 32.2 Å². The molecule has 0 spiro atoms. The molecule has 1 saturated carbocycles. The summed E-state index contributed by atoms with van der Waals surface area (Å²) in [7, 11) is 0. The number of amides is 1. The molecule has 0 unspecified atom stereocenters. The van der Waals surface area contributed by atoms with Crippen molar-refractivity contribution < 1.29 is 9.90 Å². The molecule has 0 aromatic rings. The molecule has 17 heavy (non-hydrogen) atoms. The summed E-state index contributed by atoms with van der Waals surface area (Å²) in [5.74, 6) is 1.53. The van der Waals surface area contributed by atoms with Crippen LogP contribution in [0.2, 0.25) is 0 Å². The standard InChI is InChI=1S/C14H25NO2/c1-10(2)11-6-7-14(3,17)12(9-11)15-8-4-5-13(15)16/h10-12,17H,4-9H2,1-3H3/t11-,12+,14+/m1/s1. The largest absolute Gasteiger partial charge is 0.388 e. The first kappa shape index (κ1) is 12.9. The van der Waals surface area contributed by atoms with Crippen LogP contribution in [-0.4, -0.2) is 34.1 Å². The van der Waals surface area contributed by atoms with Gasteiger partial charge in [-0.25, -0.2) is 0 Å². The molecule has 3 nitrogen and oxygen atoms in total. The number of hydrogen-bond donors (Lipinski definition) is 1. The lowest BCUT2D eigenvalue weighted by molar-refractivity contribution is -0.140. The quantitative estimate of drug-likeness (QED) is 0.802. The van der Waals surface area contributed by atoms with Crippen LogP contribution in [-0.2, 0) is 4.79 Å². The zero-order valence-corrected chi connectivity index (χ0v) is 11.3. The molecule has 3 atom stereocenters. The summed E-state index contributed by atoms with van der Waals surface area (Å²) in [6.07, 6.45) is 4.50. The van der Waals surface area contributed by atoms with E-state index in [4.69, 9.17) is 0 Å². The first-order valence-electron chi connectivity index (χ1n) is 6.93. The van der Waals surface area contributed by atoms with Gasteiger partial charge in [-0.2, -0.15) is 0 Å². The van der Waals surface area contributed by atoms with Gasteiger partial charge in [0.1, 0.15) is 0 Å². The van der Waals surface area contributed by atoms with Gasteiger partial charge in [0.05, 0.1) is 11.6 Å². The van der Waals surface area contributed by atoms with E-state index in [-0.39, 0.29) is 11.9 Å². The third-order valence-electron chi connectivity index (χ3n) is 4.69. The zero-order chi connectivity index (χ0) is 12.6. The van der Waals surface area contributed by atoms with Crippen LogP contribution in [0, 0.1) is 11.8 Å². The molecule has 2 fully saturated rings. The Balaban J connectivity index is 2.13. The first-order chi connectivity index (χ1) is 7.92. The molecule has 0 bridgehead atoms. The maximum absolute atomic E-state index is 11.9. The Labute approximate surface area is 104 Å². The average molecular weight is 239 g/mol.